The zero-order valence-corrected chi connectivity index (χ0v) is 16.8. The Bertz CT molecular complexity index is 927. The van der Waals surface area contributed by atoms with Crippen LogP contribution in [0.2, 0.25) is 5.02 Å². The highest BCUT2D eigenvalue weighted by atomic mass is 35.5. The number of ether oxygens (including phenoxy) is 3. The molecule has 0 aromatic heterocycles. The summed E-state index contributed by atoms with van der Waals surface area (Å²) in [5.74, 6) is -1.17. The summed E-state index contributed by atoms with van der Waals surface area (Å²) >= 11 is 6.04. The highest BCUT2D eigenvalue weighted by Gasteiger charge is 2.37. The highest BCUT2D eigenvalue weighted by molar-refractivity contribution is 6.31. The lowest BCUT2D eigenvalue weighted by Crippen LogP contribution is -2.26. The van der Waals surface area contributed by atoms with Gasteiger partial charge in [0.2, 0.25) is 5.91 Å². The molecule has 0 N–H and O–H groups in total. The Morgan fingerprint density at radius 2 is 1.86 bits per heavy atom. The number of methoxy groups -OCH3 is 2. The monoisotopic (exact) mass is 417 g/mol. The summed E-state index contributed by atoms with van der Waals surface area (Å²) in [7, 11) is 2.81. The van der Waals surface area contributed by atoms with Gasteiger partial charge in [-0.05, 0) is 35.9 Å². The maximum absolute atomic E-state index is 12.5. The van der Waals surface area contributed by atoms with Gasteiger partial charge in [0.1, 0.15) is 12.4 Å². The normalized spacial score (nSPS) is 15.9. The van der Waals surface area contributed by atoms with E-state index in [9.17, 15) is 14.4 Å². The molecular weight excluding hydrogens is 398 g/mol. The Balaban J connectivity index is 1.62. The van der Waals surface area contributed by atoms with Crippen LogP contribution in [0.3, 0.4) is 0 Å². The van der Waals surface area contributed by atoms with E-state index in [0.29, 0.717) is 22.0 Å². The molecule has 1 aliphatic heterocycles. The molecule has 1 amide bonds. The van der Waals surface area contributed by atoms with Gasteiger partial charge in [-0.25, -0.2) is 4.79 Å². The number of rotatable bonds is 6. The number of nitrogens with zero attached hydrogens (tertiary/aromatic N) is 1. The number of carbonyl (C=O) groups excluding carboxylic acids is 3. The van der Waals surface area contributed by atoms with Crippen molar-refractivity contribution in [3.05, 3.63) is 58.6 Å². The predicted molar refractivity (Wildman–Crippen MR) is 106 cm³/mol. The summed E-state index contributed by atoms with van der Waals surface area (Å²) in [6.45, 7) is 0.237. The van der Waals surface area contributed by atoms with Gasteiger partial charge in [0.25, 0.3) is 0 Å². The van der Waals surface area contributed by atoms with Crippen LogP contribution in [0.15, 0.2) is 42.5 Å². The highest BCUT2D eigenvalue weighted by Crippen LogP contribution is 2.35. The van der Waals surface area contributed by atoms with E-state index in [4.69, 9.17) is 21.1 Å². The molecule has 1 aliphatic rings. The van der Waals surface area contributed by atoms with Crippen molar-refractivity contribution in [3.63, 3.8) is 0 Å². The molecule has 29 heavy (non-hydrogen) atoms. The van der Waals surface area contributed by atoms with Crippen molar-refractivity contribution in [3.8, 4) is 5.75 Å². The van der Waals surface area contributed by atoms with Crippen LogP contribution in [-0.2, 0) is 25.7 Å². The lowest BCUT2D eigenvalue weighted by molar-refractivity contribution is -0.149. The van der Waals surface area contributed by atoms with Crippen molar-refractivity contribution in [2.75, 3.05) is 25.7 Å². The fraction of sp³-hybridized carbons (Fsp3) is 0.286. The minimum atomic E-state index is -0.583. The molecule has 3 rings (SSSR count). The Labute approximate surface area is 173 Å². The van der Waals surface area contributed by atoms with Gasteiger partial charge in [0, 0.05) is 18.0 Å². The van der Waals surface area contributed by atoms with Crippen LogP contribution < -0.4 is 9.64 Å². The number of benzene rings is 2. The first-order valence-corrected chi connectivity index (χ1v) is 9.28. The quantitative estimate of drug-likeness (QED) is 0.671. The average Bonchev–Trinajstić information content (AvgIpc) is 3.13. The van der Waals surface area contributed by atoms with E-state index in [2.05, 4.69) is 4.74 Å². The zero-order chi connectivity index (χ0) is 21.0. The SMILES string of the molecule is COC(=O)c1ccc(COC(=O)[C@H]2CC(=O)N(c3cc(Cl)ccc3OC)C2)cc1. The van der Waals surface area contributed by atoms with Gasteiger partial charge < -0.3 is 19.1 Å². The third kappa shape index (κ3) is 4.68. The molecule has 152 valence electrons. The fourth-order valence-corrected chi connectivity index (χ4v) is 3.27. The molecular formula is C21H20ClNO6. The summed E-state index contributed by atoms with van der Waals surface area (Å²) in [5.41, 5.74) is 1.66. The minimum Gasteiger partial charge on any atom is -0.495 e. The van der Waals surface area contributed by atoms with E-state index in [1.165, 1.54) is 19.1 Å². The maximum Gasteiger partial charge on any atom is 0.337 e. The van der Waals surface area contributed by atoms with E-state index in [-0.39, 0.29) is 25.5 Å². The van der Waals surface area contributed by atoms with Gasteiger partial charge in [-0.3, -0.25) is 9.59 Å². The number of hydrogen-bond acceptors (Lipinski definition) is 6. The molecule has 1 fully saturated rings. The average molecular weight is 418 g/mol. The van der Waals surface area contributed by atoms with Crippen LogP contribution in [0, 0.1) is 5.92 Å². The van der Waals surface area contributed by atoms with E-state index < -0.39 is 17.9 Å². The molecule has 1 atom stereocenters. The molecule has 8 heteroatoms. The van der Waals surface area contributed by atoms with Crippen LogP contribution in [0.5, 0.6) is 5.75 Å². The lowest BCUT2D eigenvalue weighted by Gasteiger charge is -2.19. The molecule has 1 heterocycles. The zero-order valence-electron chi connectivity index (χ0n) is 16.0. The number of anilines is 1. The largest absolute Gasteiger partial charge is 0.495 e. The first-order chi connectivity index (χ1) is 13.9. The van der Waals surface area contributed by atoms with E-state index in [1.54, 1.807) is 42.5 Å². The standard InChI is InChI=1S/C21H20ClNO6/c1-27-18-8-7-16(22)10-17(18)23-11-15(9-19(23)24)21(26)29-12-13-3-5-14(6-4-13)20(25)28-2/h3-8,10,15H,9,11-12H2,1-2H3/t15-/m0/s1. The van der Waals surface area contributed by atoms with Crippen molar-refractivity contribution in [1.29, 1.82) is 0 Å². The summed E-state index contributed by atoms with van der Waals surface area (Å²) < 4.78 is 15.3. The number of halogens is 1. The Morgan fingerprint density at radius 1 is 1.14 bits per heavy atom. The molecule has 0 aliphatic carbocycles. The van der Waals surface area contributed by atoms with Crippen LogP contribution in [0.1, 0.15) is 22.3 Å². The van der Waals surface area contributed by atoms with Gasteiger partial charge in [0.05, 0.1) is 31.4 Å². The van der Waals surface area contributed by atoms with Gasteiger partial charge >= 0.3 is 11.9 Å². The topological polar surface area (TPSA) is 82.1 Å². The molecule has 0 bridgehead atoms. The Hall–Kier alpha value is -3.06. The van der Waals surface area contributed by atoms with Gasteiger partial charge in [-0.15, -0.1) is 0 Å². The third-order valence-electron chi connectivity index (χ3n) is 4.65. The van der Waals surface area contributed by atoms with E-state index >= 15 is 0 Å². The Morgan fingerprint density at radius 3 is 2.52 bits per heavy atom. The first kappa shape index (κ1) is 20.7. The van der Waals surface area contributed by atoms with Gasteiger partial charge in [-0.2, -0.15) is 0 Å². The van der Waals surface area contributed by atoms with Crippen LogP contribution in [0.4, 0.5) is 5.69 Å². The molecule has 2 aromatic rings. The fourth-order valence-electron chi connectivity index (χ4n) is 3.10. The number of amides is 1. The molecule has 0 radical (unpaired) electrons. The summed E-state index contributed by atoms with van der Waals surface area (Å²) in [5, 5.41) is 0.468. The second-order valence-corrected chi connectivity index (χ2v) is 6.95. The predicted octanol–water partition coefficient (Wildman–Crippen LogP) is 3.23. The van der Waals surface area contributed by atoms with E-state index in [1.807, 2.05) is 0 Å². The third-order valence-corrected chi connectivity index (χ3v) is 4.88. The van der Waals surface area contributed by atoms with E-state index in [0.717, 1.165) is 5.56 Å². The summed E-state index contributed by atoms with van der Waals surface area (Å²) in [6, 6.07) is 11.5. The van der Waals surface area contributed by atoms with Crippen molar-refractivity contribution < 1.29 is 28.6 Å². The van der Waals surface area contributed by atoms with Crippen molar-refractivity contribution in [2.45, 2.75) is 13.0 Å². The second-order valence-electron chi connectivity index (χ2n) is 6.52. The molecule has 0 saturated carbocycles. The van der Waals surface area contributed by atoms with Crippen LogP contribution in [-0.4, -0.2) is 38.6 Å². The molecule has 1 saturated heterocycles. The van der Waals surface area contributed by atoms with Crippen LogP contribution in [0.25, 0.3) is 0 Å². The second kappa shape index (κ2) is 8.96. The molecule has 2 aromatic carbocycles. The van der Waals surface area contributed by atoms with Crippen molar-refractivity contribution in [2.24, 2.45) is 5.92 Å². The molecule has 0 unspecified atom stereocenters. The van der Waals surface area contributed by atoms with Crippen molar-refractivity contribution in [1.82, 2.24) is 0 Å². The van der Waals surface area contributed by atoms with Crippen molar-refractivity contribution >= 4 is 35.1 Å². The lowest BCUT2D eigenvalue weighted by atomic mass is 10.1. The summed E-state index contributed by atoms with van der Waals surface area (Å²) in [4.78, 5) is 37.8. The maximum atomic E-state index is 12.5. The number of hydrogen-bond donors (Lipinski definition) is 0. The smallest absolute Gasteiger partial charge is 0.337 e. The first-order valence-electron chi connectivity index (χ1n) is 8.90. The number of carbonyl (C=O) groups is 3. The molecule has 7 nitrogen and oxygen atoms in total. The van der Waals surface area contributed by atoms with Crippen LogP contribution >= 0.6 is 11.6 Å². The minimum absolute atomic E-state index is 0.0471. The number of esters is 2. The molecule has 0 spiro atoms. The van der Waals surface area contributed by atoms with Gasteiger partial charge in [-0.1, -0.05) is 23.7 Å². The van der Waals surface area contributed by atoms with Gasteiger partial charge in [0.15, 0.2) is 0 Å². The summed E-state index contributed by atoms with van der Waals surface area (Å²) in [6.07, 6.45) is 0.0514. The Kier molecular flexibility index (Phi) is 6.39.